The van der Waals surface area contributed by atoms with Crippen LogP contribution in [0.15, 0.2) is 42.5 Å². The summed E-state index contributed by atoms with van der Waals surface area (Å²) in [6.45, 7) is 2.01. The molecule has 0 saturated heterocycles. The van der Waals surface area contributed by atoms with E-state index < -0.39 is 17.7 Å². The summed E-state index contributed by atoms with van der Waals surface area (Å²) >= 11 is 0. The van der Waals surface area contributed by atoms with Crippen molar-refractivity contribution in [2.75, 3.05) is 0 Å². The van der Waals surface area contributed by atoms with Crippen LogP contribution in [0.1, 0.15) is 29.7 Å². The average molecular weight is 247 g/mol. The summed E-state index contributed by atoms with van der Waals surface area (Å²) in [6.07, 6.45) is 0.806. The topological polar surface area (TPSA) is 26.0 Å². The van der Waals surface area contributed by atoms with Gasteiger partial charge in [0.2, 0.25) is 0 Å². The van der Waals surface area contributed by atoms with Gasteiger partial charge in [0.05, 0.1) is 6.04 Å². The molecule has 2 N–H and O–H groups in total. The molecule has 1 nitrogen and oxygen atoms in total. The van der Waals surface area contributed by atoms with Gasteiger partial charge in [-0.1, -0.05) is 31.2 Å². The van der Waals surface area contributed by atoms with E-state index in [9.17, 15) is 8.78 Å². The monoisotopic (exact) mass is 247 g/mol. The molecule has 0 heterocycles. The van der Waals surface area contributed by atoms with E-state index in [4.69, 9.17) is 5.73 Å². The maximum absolute atomic E-state index is 13.7. The molecule has 0 bridgehead atoms. The molecule has 0 aliphatic carbocycles. The minimum Gasteiger partial charge on any atom is -0.320 e. The SMILES string of the molecule is CCc1ccccc1C(N)c1cc(F)ccc1F. The van der Waals surface area contributed by atoms with Crippen molar-refractivity contribution in [1.29, 1.82) is 0 Å². The van der Waals surface area contributed by atoms with E-state index >= 15 is 0 Å². The Balaban J connectivity index is 2.47. The Morgan fingerprint density at radius 2 is 1.78 bits per heavy atom. The zero-order chi connectivity index (χ0) is 13.1. The summed E-state index contributed by atoms with van der Waals surface area (Å²) in [6, 6.07) is 10.3. The number of benzene rings is 2. The van der Waals surface area contributed by atoms with Crippen molar-refractivity contribution in [1.82, 2.24) is 0 Å². The number of hydrogen-bond acceptors (Lipinski definition) is 1. The molecule has 0 amide bonds. The van der Waals surface area contributed by atoms with Crippen LogP contribution in [-0.2, 0) is 6.42 Å². The van der Waals surface area contributed by atoms with Gasteiger partial charge in [-0.05, 0) is 35.7 Å². The lowest BCUT2D eigenvalue weighted by atomic mass is 9.94. The fraction of sp³-hybridized carbons (Fsp3) is 0.200. The van der Waals surface area contributed by atoms with Crippen molar-refractivity contribution >= 4 is 0 Å². The van der Waals surface area contributed by atoms with Gasteiger partial charge in [-0.2, -0.15) is 0 Å². The molecule has 0 aliphatic heterocycles. The van der Waals surface area contributed by atoms with Crippen molar-refractivity contribution in [2.45, 2.75) is 19.4 Å². The van der Waals surface area contributed by atoms with Gasteiger partial charge < -0.3 is 5.73 Å². The third-order valence-corrected chi connectivity index (χ3v) is 3.06. The Morgan fingerprint density at radius 1 is 1.06 bits per heavy atom. The average Bonchev–Trinajstić information content (AvgIpc) is 2.40. The van der Waals surface area contributed by atoms with Crippen LogP contribution in [0.3, 0.4) is 0 Å². The fourth-order valence-corrected chi connectivity index (χ4v) is 2.08. The van der Waals surface area contributed by atoms with Crippen LogP contribution in [-0.4, -0.2) is 0 Å². The molecule has 2 aromatic rings. The van der Waals surface area contributed by atoms with Crippen LogP contribution in [0.2, 0.25) is 0 Å². The second-order valence-electron chi connectivity index (χ2n) is 4.20. The van der Waals surface area contributed by atoms with Gasteiger partial charge in [-0.3, -0.25) is 0 Å². The first-order valence-corrected chi connectivity index (χ1v) is 5.91. The molecular formula is C15H15F2N. The molecule has 94 valence electrons. The molecule has 2 aromatic carbocycles. The van der Waals surface area contributed by atoms with E-state index in [0.29, 0.717) is 0 Å². The fourth-order valence-electron chi connectivity index (χ4n) is 2.08. The van der Waals surface area contributed by atoms with E-state index in [0.717, 1.165) is 35.7 Å². The minimum absolute atomic E-state index is 0.191. The lowest BCUT2D eigenvalue weighted by Crippen LogP contribution is -2.15. The number of aryl methyl sites for hydroxylation is 1. The highest BCUT2D eigenvalue weighted by Gasteiger charge is 2.16. The zero-order valence-corrected chi connectivity index (χ0v) is 10.2. The Labute approximate surface area is 105 Å². The first-order valence-electron chi connectivity index (χ1n) is 5.91. The standard InChI is InChI=1S/C15H15F2N/c1-2-10-5-3-4-6-12(10)15(18)13-9-11(16)7-8-14(13)17/h3-9,15H,2,18H2,1H3. The van der Waals surface area contributed by atoms with E-state index in [-0.39, 0.29) is 5.56 Å². The van der Waals surface area contributed by atoms with Crippen molar-refractivity contribution in [3.05, 3.63) is 70.8 Å². The van der Waals surface area contributed by atoms with E-state index in [1.165, 1.54) is 0 Å². The van der Waals surface area contributed by atoms with Crippen LogP contribution in [0.25, 0.3) is 0 Å². The van der Waals surface area contributed by atoms with Gasteiger partial charge in [0.15, 0.2) is 0 Å². The van der Waals surface area contributed by atoms with Crippen molar-refractivity contribution in [3.8, 4) is 0 Å². The van der Waals surface area contributed by atoms with Crippen molar-refractivity contribution in [2.24, 2.45) is 5.73 Å². The van der Waals surface area contributed by atoms with Crippen LogP contribution in [0, 0.1) is 11.6 Å². The lowest BCUT2D eigenvalue weighted by Gasteiger charge is -2.17. The smallest absolute Gasteiger partial charge is 0.128 e. The first kappa shape index (κ1) is 12.7. The third-order valence-electron chi connectivity index (χ3n) is 3.06. The highest BCUT2D eigenvalue weighted by atomic mass is 19.1. The molecule has 3 heteroatoms. The summed E-state index contributed by atoms with van der Waals surface area (Å²) in [5.41, 5.74) is 8.13. The van der Waals surface area contributed by atoms with Gasteiger partial charge in [-0.15, -0.1) is 0 Å². The number of rotatable bonds is 3. The van der Waals surface area contributed by atoms with Gasteiger partial charge in [0, 0.05) is 5.56 Å². The van der Waals surface area contributed by atoms with Crippen LogP contribution in [0.4, 0.5) is 8.78 Å². The number of halogens is 2. The predicted octanol–water partition coefficient (Wildman–Crippen LogP) is 3.58. The Morgan fingerprint density at radius 3 is 2.50 bits per heavy atom. The van der Waals surface area contributed by atoms with E-state index in [1.807, 2.05) is 31.2 Å². The number of hydrogen-bond donors (Lipinski definition) is 1. The maximum Gasteiger partial charge on any atom is 0.128 e. The van der Waals surface area contributed by atoms with E-state index in [2.05, 4.69) is 0 Å². The minimum atomic E-state index is -0.642. The van der Waals surface area contributed by atoms with Gasteiger partial charge in [-0.25, -0.2) is 8.78 Å². The number of nitrogens with two attached hydrogens (primary N) is 1. The highest BCUT2D eigenvalue weighted by Crippen LogP contribution is 2.25. The highest BCUT2D eigenvalue weighted by molar-refractivity contribution is 5.37. The van der Waals surface area contributed by atoms with Crippen molar-refractivity contribution in [3.63, 3.8) is 0 Å². The molecule has 0 radical (unpaired) electrons. The van der Waals surface area contributed by atoms with Crippen LogP contribution < -0.4 is 5.73 Å². The van der Waals surface area contributed by atoms with Crippen LogP contribution >= 0.6 is 0 Å². The van der Waals surface area contributed by atoms with Gasteiger partial charge in [0.25, 0.3) is 0 Å². The zero-order valence-electron chi connectivity index (χ0n) is 10.2. The van der Waals surface area contributed by atoms with Gasteiger partial charge in [0.1, 0.15) is 11.6 Å². The molecule has 2 rings (SSSR count). The molecule has 0 saturated carbocycles. The molecule has 1 unspecified atom stereocenters. The summed E-state index contributed by atoms with van der Waals surface area (Å²) < 4.78 is 26.9. The second-order valence-corrected chi connectivity index (χ2v) is 4.20. The molecule has 1 atom stereocenters. The van der Waals surface area contributed by atoms with E-state index in [1.54, 1.807) is 0 Å². The summed E-state index contributed by atoms with van der Waals surface area (Å²) in [5, 5.41) is 0. The Kier molecular flexibility index (Phi) is 3.72. The Hall–Kier alpha value is -1.74. The predicted molar refractivity (Wildman–Crippen MR) is 68.2 cm³/mol. The normalized spacial score (nSPS) is 12.4. The second kappa shape index (κ2) is 5.27. The summed E-state index contributed by atoms with van der Waals surface area (Å²) in [5.74, 6) is -0.953. The third kappa shape index (κ3) is 2.41. The van der Waals surface area contributed by atoms with Crippen LogP contribution in [0.5, 0.6) is 0 Å². The lowest BCUT2D eigenvalue weighted by molar-refractivity contribution is 0.576. The first-order chi connectivity index (χ1) is 8.63. The quantitative estimate of drug-likeness (QED) is 0.881. The van der Waals surface area contributed by atoms with Crippen molar-refractivity contribution < 1.29 is 8.78 Å². The molecule has 0 aliphatic rings. The largest absolute Gasteiger partial charge is 0.320 e. The maximum atomic E-state index is 13.7. The van der Waals surface area contributed by atoms with Gasteiger partial charge >= 0.3 is 0 Å². The Bertz CT molecular complexity index is 552. The molecular weight excluding hydrogens is 232 g/mol. The molecule has 0 aromatic heterocycles. The molecule has 18 heavy (non-hydrogen) atoms. The summed E-state index contributed by atoms with van der Waals surface area (Å²) in [7, 11) is 0. The summed E-state index contributed by atoms with van der Waals surface area (Å²) in [4.78, 5) is 0. The molecule has 0 fully saturated rings. The molecule has 0 spiro atoms.